The highest BCUT2D eigenvalue weighted by molar-refractivity contribution is 5.88. The molecule has 2 atom stereocenters. The quantitative estimate of drug-likeness (QED) is 0.118. The van der Waals surface area contributed by atoms with Crippen molar-refractivity contribution in [2.75, 3.05) is 0 Å². The summed E-state index contributed by atoms with van der Waals surface area (Å²) in [5.74, 6) is -10.3. The monoisotopic (exact) mass is 488 g/mol. The molecule has 0 saturated heterocycles. The van der Waals surface area contributed by atoms with Crippen LogP contribution in [-0.4, -0.2) is 111 Å². The summed E-state index contributed by atoms with van der Waals surface area (Å²) in [6, 6.07) is 0. The third-order valence-corrected chi connectivity index (χ3v) is 3.12. The minimum Gasteiger partial charge on any atom is -0.481 e. The summed E-state index contributed by atoms with van der Waals surface area (Å²) in [6.07, 6.45) is -5.80. The van der Waals surface area contributed by atoms with E-state index in [1.165, 1.54) is 0 Å². The van der Waals surface area contributed by atoms with E-state index < -0.39 is 72.4 Å². The van der Waals surface area contributed by atoms with Crippen molar-refractivity contribution in [3.8, 4) is 0 Å². The van der Waals surface area contributed by atoms with Crippen molar-refractivity contribution >= 4 is 41.8 Å². The molecule has 0 fully saturated rings. The number of carboxylic acids is 7. The summed E-state index contributed by atoms with van der Waals surface area (Å²) in [4.78, 5) is 69.8. The Morgan fingerprint density at radius 3 is 0.970 bits per heavy atom. The van der Waals surface area contributed by atoms with Crippen LogP contribution in [0, 0.1) is 0 Å². The van der Waals surface area contributed by atoms with E-state index in [9.17, 15) is 33.6 Å². The summed E-state index contributed by atoms with van der Waals surface area (Å²) in [6.45, 7) is 0. The first-order chi connectivity index (χ1) is 14.9. The molecule has 0 aliphatic rings. The molecule has 0 aromatic carbocycles. The van der Waals surface area contributed by atoms with Crippen LogP contribution in [0.15, 0.2) is 0 Å². The lowest BCUT2D eigenvalue weighted by Crippen LogP contribution is -2.42. The van der Waals surface area contributed by atoms with Crippen LogP contribution in [0.3, 0.4) is 0 Å². The van der Waals surface area contributed by atoms with E-state index in [4.69, 9.17) is 51.1 Å². The second-order valence-corrected chi connectivity index (χ2v) is 6.04. The predicted octanol–water partition coefficient (Wildman–Crippen LogP) is -2.66. The van der Waals surface area contributed by atoms with Gasteiger partial charge < -0.3 is 51.1 Å². The minimum atomic E-state index is -2.74. The zero-order chi connectivity index (χ0) is 26.9. The molecule has 0 aromatic rings. The van der Waals surface area contributed by atoms with Crippen LogP contribution in [0.4, 0.5) is 0 Å². The minimum absolute atomic E-state index is 0.0628. The molecule has 0 radical (unpaired) electrons. The summed E-state index contributed by atoms with van der Waals surface area (Å²) < 4.78 is 0. The molecular formula is C16H24O17. The molecular weight excluding hydrogens is 464 g/mol. The van der Waals surface area contributed by atoms with E-state index in [0.717, 1.165) is 0 Å². The van der Waals surface area contributed by atoms with Crippen LogP contribution in [0.1, 0.15) is 38.5 Å². The van der Waals surface area contributed by atoms with Gasteiger partial charge in [0.1, 0.15) is 0 Å². The number of aliphatic carboxylic acids is 7. The zero-order valence-corrected chi connectivity index (χ0v) is 16.7. The van der Waals surface area contributed by atoms with Crippen molar-refractivity contribution in [1.82, 2.24) is 0 Å². The summed E-state index contributed by atoms with van der Waals surface area (Å²) in [7, 11) is 0. The Kier molecular flexibility index (Phi) is 17.2. The second kappa shape index (κ2) is 16.8. The fourth-order valence-corrected chi connectivity index (χ4v) is 1.54. The number of rotatable bonds is 13. The van der Waals surface area contributed by atoms with Gasteiger partial charge in [-0.05, 0) is 12.8 Å². The molecule has 17 nitrogen and oxygen atoms in total. The largest absolute Gasteiger partial charge is 0.481 e. The Hall–Kier alpha value is -3.83. The highest BCUT2D eigenvalue weighted by Crippen LogP contribution is 2.15. The lowest BCUT2D eigenvalue weighted by atomic mass is 9.96. The van der Waals surface area contributed by atoms with Crippen LogP contribution < -0.4 is 0 Å². The Bertz CT molecular complexity index is 662. The average Bonchev–Trinajstić information content (AvgIpc) is 2.63. The van der Waals surface area contributed by atoms with Crippen molar-refractivity contribution in [1.29, 1.82) is 0 Å². The van der Waals surface area contributed by atoms with Crippen molar-refractivity contribution in [3.05, 3.63) is 0 Å². The second-order valence-electron chi connectivity index (χ2n) is 6.04. The maximum absolute atomic E-state index is 10.3. The number of aliphatic hydroxyl groups is 3. The van der Waals surface area contributed by atoms with Crippen LogP contribution >= 0.6 is 0 Å². The SMILES string of the molecule is O=C(O)C(O)C(O)C(=O)O.O=C(O)CC(O)(CC(=O)O)C(=O)O.O=C(O)CCCCC(=O)O. The topological polar surface area (TPSA) is 322 Å². The zero-order valence-electron chi connectivity index (χ0n) is 16.7. The molecule has 0 heterocycles. The lowest BCUT2D eigenvalue weighted by Gasteiger charge is -2.18. The van der Waals surface area contributed by atoms with Crippen LogP contribution in [0.2, 0.25) is 0 Å². The number of carboxylic acid groups (broad SMARTS) is 7. The van der Waals surface area contributed by atoms with Gasteiger partial charge in [0.25, 0.3) is 0 Å². The number of carbonyl (C=O) groups is 7. The Morgan fingerprint density at radius 2 is 0.818 bits per heavy atom. The molecule has 0 aliphatic heterocycles. The van der Waals surface area contributed by atoms with E-state index >= 15 is 0 Å². The Balaban J connectivity index is -0.000000415. The molecule has 17 heteroatoms. The molecule has 10 N–H and O–H groups in total. The fraction of sp³-hybridized carbons (Fsp3) is 0.562. The van der Waals surface area contributed by atoms with E-state index in [1.807, 2.05) is 0 Å². The fourth-order valence-electron chi connectivity index (χ4n) is 1.54. The number of aliphatic hydroxyl groups excluding tert-OH is 2. The highest BCUT2D eigenvalue weighted by Gasteiger charge is 2.40. The van der Waals surface area contributed by atoms with Gasteiger partial charge in [-0.25, -0.2) is 14.4 Å². The summed E-state index contributed by atoms with van der Waals surface area (Å²) >= 11 is 0. The summed E-state index contributed by atoms with van der Waals surface area (Å²) in [5.41, 5.74) is -2.74. The number of unbranched alkanes of at least 4 members (excludes halogenated alkanes) is 1. The smallest absolute Gasteiger partial charge is 0.336 e. The van der Waals surface area contributed by atoms with Gasteiger partial charge in [-0.1, -0.05) is 0 Å². The molecule has 0 bridgehead atoms. The number of hydrogen-bond acceptors (Lipinski definition) is 10. The molecule has 0 aliphatic carbocycles. The first-order valence-electron chi connectivity index (χ1n) is 8.52. The molecule has 2 unspecified atom stereocenters. The molecule has 0 amide bonds. The maximum atomic E-state index is 10.3. The normalized spacial score (nSPS) is 11.8. The maximum Gasteiger partial charge on any atom is 0.336 e. The third kappa shape index (κ3) is 19.9. The summed E-state index contributed by atoms with van der Waals surface area (Å²) in [5, 5.41) is 82.6. The molecule has 33 heavy (non-hydrogen) atoms. The average molecular weight is 488 g/mol. The van der Waals surface area contributed by atoms with Gasteiger partial charge in [0.2, 0.25) is 0 Å². The van der Waals surface area contributed by atoms with Crippen molar-refractivity contribution < 1.29 is 84.6 Å². The van der Waals surface area contributed by atoms with E-state index in [2.05, 4.69) is 0 Å². The van der Waals surface area contributed by atoms with Gasteiger partial charge in [0, 0.05) is 12.8 Å². The van der Waals surface area contributed by atoms with Crippen LogP contribution in [0.25, 0.3) is 0 Å². The molecule has 190 valence electrons. The van der Waals surface area contributed by atoms with Gasteiger partial charge in [-0.2, -0.15) is 0 Å². The predicted molar refractivity (Wildman–Crippen MR) is 98.1 cm³/mol. The van der Waals surface area contributed by atoms with Crippen molar-refractivity contribution in [2.24, 2.45) is 0 Å². The molecule has 0 rings (SSSR count). The van der Waals surface area contributed by atoms with Crippen molar-refractivity contribution in [3.63, 3.8) is 0 Å². The number of hydrogen-bond donors (Lipinski definition) is 10. The standard InChI is InChI=1S/C6H8O7.C6H10O4.C4H6O6/c7-3(8)1-6(13,5(11)12)2-4(9)10;7-5(8)3-1-2-4-6(9)10;5-1(3(7)8)2(6)4(9)10/h13H,1-2H2,(H,7,8)(H,9,10)(H,11,12);1-4H2,(H,7,8)(H,9,10);1-2,5-6H,(H,7,8)(H,9,10). The van der Waals surface area contributed by atoms with Crippen LogP contribution in [0.5, 0.6) is 0 Å². The van der Waals surface area contributed by atoms with E-state index in [0.29, 0.717) is 12.8 Å². The van der Waals surface area contributed by atoms with Crippen molar-refractivity contribution in [2.45, 2.75) is 56.3 Å². The Labute approximate surface area is 183 Å². The van der Waals surface area contributed by atoms with E-state index in [1.54, 1.807) is 0 Å². The van der Waals surface area contributed by atoms with Crippen LogP contribution in [-0.2, 0) is 33.6 Å². The first-order valence-corrected chi connectivity index (χ1v) is 8.52. The Morgan fingerprint density at radius 1 is 0.545 bits per heavy atom. The van der Waals surface area contributed by atoms with Gasteiger partial charge in [-0.15, -0.1) is 0 Å². The molecule has 0 saturated carbocycles. The van der Waals surface area contributed by atoms with Gasteiger partial charge in [0.15, 0.2) is 17.8 Å². The highest BCUT2D eigenvalue weighted by atomic mass is 16.4. The molecule has 0 aromatic heterocycles. The van der Waals surface area contributed by atoms with E-state index in [-0.39, 0.29) is 12.8 Å². The van der Waals surface area contributed by atoms with Gasteiger partial charge >= 0.3 is 41.8 Å². The molecule has 0 spiro atoms. The third-order valence-electron chi connectivity index (χ3n) is 3.12. The first kappa shape index (κ1) is 33.8. The van der Waals surface area contributed by atoms with Gasteiger partial charge in [-0.3, -0.25) is 19.2 Å². The van der Waals surface area contributed by atoms with Gasteiger partial charge in [0.05, 0.1) is 12.8 Å². The lowest BCUT2D eigenvalue weighted by molar-refractivity contribution is -0.170.